The van der Waals surface area contributed by atoms with Crippen molar-refractivity contribution < 1.29 is 18.7 Å². The van der Waals surface area contributed by atoms with E-state index in [-0.39, 0.29) is 24.3 Å². The van der Waals surface area contributed by atoms with E-state index in [2.05, 4.69) is 9.97 Å². The summed E-state index contributed by atoms with van der Waals surface area (Å²) >= 11 is 0. The highest BCUT2D eigenvalue weighted by Gasteiger charge is 2.27. The van der Waals surface area contributed by atoms with Gasteiger partial charge in [0.05, 0.1) is 30.6 Å². The van der Waals surface area contributed by atoms with Crippen LogP contribution in [0.5, 0.6) is 5.75 Å². The van der Waals surface area contributed by atoms with E-state index >= 15 is 0 Å². The standard InChI is InChI=1S/C19H22FN3O3/c1-14-17(22-9-8-21-14)7-6-15-12-25-11-10-23(15)19(24)13-26-18-5-3-2-4-16(18)20/h2-5,8-9,15H,6-7,10-13H2,1H3/t15-/m1/s1. The predicted molar refractivity (Wildman–Crippen MR) is 93.3 cm³/mol. The van der Waals surface area contributed by atoms with E-state index in [1.54, 1.807) is 29.4 Å². The van der Waals surface area contributed by atoms with Crippen LogP contribution in [0.2, 0.25) is 0 Å². The van der Waals surface area contributed by atoms with E-state index < -0.39 is 5.82 Å². The van der Waals surface area contributed by atoms with Crippen LogP contribution < -0.4 is 4.74 Å². The van der Waals surface area contributed by atoms with E-state index in [1.807, 2.05) is 6.92 Å². The molecule has 0 bridgehead atoms. The first-order valence-corrected chi connectivity index (χ1v) is 8.66. The SMILES string of the molecule is Cc1nccnc1CC[C@@H]1COCCN1C(=O)COc1ccccc1F. The van der Waals surface area contributed by atoms with Gasteiger partial charge in [-0.25, -0.2) is 4.39 Å². The number of nitrogens with zero attached hydrogens (tertiary/aromatic N) is 3. The summed E-state index contributed by atoms with van der Waals surface area (Å²) < 4.78 is 24.5. The highest BCUT2D eigenvalue weighted by atomic mass is 19.1. The van der Waals surface area contributed by atoms with Crippen LogP contribution in [0.15, 0.2) is 36.7 Å². The predicted octanol–water partition coefficient (Wildman–Crippen LogP) is 2.16. The molecule has 0 saturated carbocycles. The van der Waals surface area contributed by atoms with Crippen molar-refractivity contribution in [1.82, 2.24) is 14.9 Å². The third-order valence-electron chi connectivity index (χ3n) is 4.43. The van der Waals surface area contributed by atoms with Crippen molar-refractivity contribution in [2.45, 2.75) is 25.8 Å². The molecule has 1 aromatic carbocycles. The van der Waals surface area contributed by atoms with Crippen molar-refractivity contribution in [3.63, 3.8) is 0 Å². The molecule has 0 radical (unpaired) electrons. The fourth-order valence-electron chi connectivity index (χ4n) is 2.99. The van der Waals surface area contributed by atoms with Gasteiger partial charge in [-0.3, -0.25) is 14.8 Å². The smallest absolute Gasteiger partial charge is 0.260 e. The Hall–Kier alpha value is -2.54. The van der Waals surface area contributed by atoms with Gasteiger partial charge in [-0.1, -0.05) is 12.1 Å². The normalized spacial score (nSPS) is 17.2. The molecule has 1 atom stereocenters. The van der Waals surface area contributed by atoms with Crippen molar-refractivity contribution in [3.8, 4) is 5.75 Å². The molecule has 1 aliphatic heterocycles. The fourth-order valence-corrected chi connectivity index (χ4v) is 2.99. The molecule has 1 fully saturated rings. The van der Waals surface area contributed by atoms with Gasteiger partial charge >= 0.3 is 0 Å². The Balaban J connectivity index is 1.58. The summed E-state index contributed by atoms with van der Waals surface area (Å²) in [5, 5.41) is 0. The number of halogens is 1. The Morgan fingerprint density at radius 3 is 2.96 bits per heavy atom. The van der Waals surface area contributed by atoms with Crippen molar-refractivity contribution in [2.24, 2.45) is 0 Å². The second kappa shape index (κ2) is 8.71. The Labute approximate surface area is 152 Å². The molecule has 3 rings (SSSR count). The zero-order valence-electron chi connectivity index (χ0n) is 14.7. The van der Waals surface area contributed by atoms with Crippen LogP contribution in [0.1, 0.15) is 17.8 Å². The largest absolute Gasteiger partial charge is 0.481 e. The van der Waals surface area contributed by atoms with E-state index in [4.69, 9.17) is 9.47 Å². The second-order valence-corrected chi connectivity index (χ2v) is 6.16. The van der Waals surface area contributed by atoms with Gasteiger partial charge in [-0.15, -0.1) is 0 Å². The number of amides is 1. The average molecular weight is 359 g/mol. The van der Waals surface area contributed by atoms with Gasteiger partial charge in [0.25, 0.3) is 5.91 Å². The van der Waals surface area contributed by atoms with Crippen molar-refractivity contribution in [2.75, 3.05) is 26.4 Å². The molecule has 0 unspecified atom stereocenters. The summed E-state index contributed by atoms with van der Waals surface area (Å²) in [7, 11) is 0. The Morgan fingerprint density at radius 1 is 1.35 bits per heavy atom. The van der Waals surface area contributed by atoms with Gasteiger partial charge in [0.15, 0.2) is 18.2 Å². The molecule has 1 amide bonds. The number of benzene rings is 1. The van der Waals surface area contributed by atoms with Crippen LogP contribution in [0, 0.1) is 12.7 Å². The second-order valence-electron chi connectivity index (χ2n) is 6.16. The first kappa shape index (κ1) is 18.3. The molecule has 1 saturated heterocycles. The number of aromatic nitrogens is 2. The fraction of sp³-hybridized carbons (Fsp3) is 0.421. The Kier molecular flexibility index (Phi) is 6.12. The van der Waals surface area contributed by atoms with Crippen LogP contribution in [0.3, 0.4) is 0 Å². The molecule has 0 aliphatic carbocycles. The maximum absolute atomic E-state index is 13.6. The summed E-state index contributed by atoms with van der Waals surface area (Å²) in [4.78, 5) is 22.9. The number of morpholine rings is 1. The molecule has 138 valence electrons. The minimum atomic E-state index is -0.475. The molecular weight excluding hydrogens is 337 g/mol. The summed E-state index contributed by atoms with van der Waals surface area (Å²) in [5.74, 6) is -0.560. The molecule has 0 spiro atoms. The third-order valence-corrected chi connectivity index (χ3v) is 4.43. The number of carbonyl (C=O) groups is 1. The summed E-state index contributed by atoms with van der Waals surface area (Å²) in [6.07, 6.45) is 4.78. The lowest BCUT2D eigenvalue weighted by Crippen LogP contribution is -2.50. The lowest BCUT2D eigenvalue weighted by molar-refractivity contribution is -0.142. The molecule has 6 nitrogen and oxygen atoms in total. The summed E-state index contributed by atoms with van der Waals surface area (Å²) in [6.45, 7) is 3.20. The number of carbonyl (C=O) groups excluding carboxylic acids is 1. The Bertz CT molecular complexity index is 756. The average Bonchev–Trinajstić information content (AvgIpc) is 2.67. The molecule has 1 aromatic heterocycles. The van der Waals surface area contributed by atoms with Gasteiger partial charge in [-0.2, -0.15) is 0 Å². The number of para-hydroxylation sites is 1. The van der Waals surface area contributed by atoms with Crippen molar-refractivity contribution in [1.29, 1.82) is 0 Å². The zero-order valence-corrected chi connectivity index (χ0v) is 14.7. The molecule has 2 heterocycles. The van der Waals surface area contributed by atoms with Crippen LogP contribution in [0.25, 0.3) is 0 Å². The monoisotopic (exact) mass is 359 g/mol. The Morgan fingerprint density at radius 2 is 2.15 bits per heavy atom. The summed E-state index contributed by atoms with van der Waals surface area (Å²) in [5.41, 5.74) is 1.82. The highest BCUT2D eigenvalue weighted by molar-refractivity contribution is 5.78. The van der Waals surface area contributed by atoms with Crippen LogP contribution in [-0.2, 0) is 16.0 Å². The molecule has 2 aromatic rings. The lowest BCUT2D eigenvalue weighted by atomic mass is 10.1. The first-order chi connectivity index (χ1) is 12.6. The van der Waals surface area contributed by atoms with E-state index in [0.717, 1.165) is 17.8 Å². The van der Waals surface area contributed by atoms with Crippen LogP contribution in [-0.4, -0.2) is 53.2 Å². The van der Waals surface area contributed by atoms with Gasteiger partial charge in [-0.05, 0) is 31.9 Å². The van der Waals surface area contributed by atoms with Crippen molar-refractivity contribution >= 4 is 5.91 Å². The third kappa shape index (κ3) is 4.54. The minimum Gasteiger partial charge on any atom is -0.481 e. The van der Waals surface area contributed by atoms with Gasteiger partial charge in [0, 0.05) is 18.9 Å². The molecule has 1 aliphatic rings. The van der Waals surface area contributed by atoms with Gasteiger partial charge in [0.2, 0.25) is 0 Å². The number of hydrogen-bond acceptors (Lipinski definition) is 5. The molecule has 26 heavy (non-hydrogen) atoms. The first-order valence-electron chi connectivity index (χ1n) is 8.66. The highest BCUT2D eigenvalue weighted by Crippen LogP contribution is 2.17. The quantitative estimate of drug-likeness (QED) is 0.791. The van der Waals surface area contributed by atoms with E-state index in [0.29, 0.717) is 26.2 Å². The number of rotatable bonds is 6. The number of ether oxygens (including phenoxy) is 2. The topological polar surface area (TPSA) is 64.6 Å². The molecule has 0 N–H and O–H groups in total. The van der Waals surface area contributed by atoms with Crippen molar-refractivity contribution in [3.05, 3.63) is 53.9 Å². The maximum atomic E-state index is 13.6. The van der Waals surface area contributed by atoms with Crippen LogP contribution >= 0.6 is 0 Å². The molecule has 7 heteroatoms. The lowest BCUT2D eigenvalue weighted by Gasteiger charge is -2.35. The van der Waals surface area contributed by atoms with Gasteiger partial charge in [0.1, 0.15) is 0 Å². The van der Waals surface area contributed by atoms with E-state index in [1.165, 1.54) is 12.1 Å². The summed E-state index contributed by atoms with van der Waals surface area (Å²) in [6, 6.07) is 6.01. The minimum absolute atomic E-state index is 0.0538. The number of hydrogen-bond donors (Lipinski definition) is 0. The zero-order chi connectivity index (χ0) is 18.4. The maximum Gasteiger partial charge on any atom is 0.260 e. The van der Waals surface area contributed by atoms with Crippen LogP contribution in [0.4, 0.5) is 4.39 Å². The van der Waals surface area contributed by atoms with E-state index in [9.17, 15) is 9.18 Å². The number of aryl methyl sites for hydroxylation is 2. The molecular formula is C19H22FN3O3. The van der Waals surface area contributed by atoms with Gasteiger partial charge < -0.3 is 14.4 Å².